The molecule has 15 N–H and O–H groups in total. The van der Waals surface area contributed by atoms with E-state index in [9.17, 15) is 54.0 Å². The maximum absolute atomic E-state index is 14.9. The molecule has 0 aliphatic carbocycles. The van der Waals surface area contributed by atoms with Crippen LogP contribution in [0.4, 0.5) is 0 Å². The Morgan fingerprint density at radius 3 is 2.04 bits per heavy atom. The monoisotopic (exact) mass is 1090 g/mol. The van der Waals surface area contributed by atoms with Crippen LogP contribution in [-0.2, 0) is 52.8 Å². The number of aliphatic carboxylic acids is 1. The van der Waals surface area contributed by atoms with Crippen LogP contribution in [0.3, 0.4) is 0 Å². The maximum Gasteiger partial charge on any atom is 0.328 e. The van der Waals surface area contributed by atoms with E-state index >= 15 is 0 Å². The number of H-pyrrole nitrogens is 1. The summed E-state index contributed by atoms with van der Waals surface area (Å²) in [4.78, 5) is 103. The molecule has 21 nitrogen and oxygen atoms in total. The van der Waals surface area contributed by atoms with Gasteiger partial charge in [0.15, 0.2) is 6.04 Å². The van der Waals surface area contributed by atoms with E-state index in [1.165, 1.54) is 19.1 Å². The number of aromatic nitrogens is 1. The molecular weight excluding hydrogens is 1020 g/mol. The van der Waals surface area contributed by atoms with Crippen molar-refractivity contribution in [3.63, 3.8) is 0 Å². The molecule has 1 saturated heterocycles. The lowest BCUT2D eigenvalue weighted by Gasteiger charge is -2.29. The molecule has 1 fully saturated rings. The van der Waals surface area contributed by atoms with Crippen LogP contribution in [-0.4, -0.2) is 163 Å². The molecule has 1 aromatic heterocycles. The minimum absolute atomic E-state index is 0.00371. The number of aromatic hydroxyl groups is 1. The Balaban J connectivity index is 1.61. The van der Waals surface area contributed by atoms with Gasteiger partial charge in [-0.2, -0.15) is 0 Å². The van der Waals surface area contributed by atoms with Crippen molar-refractivity contribution in [3.05, 3.63) is 102 Å². The number of carbonyl (C=O) groups excluding carboxylic acids is 6. The summed E-state index contributed by atoms with van der Waals surface area (Å²) in [5, 5.41) is 64.3. The highest BCUT2D eigenvalue weighted by atomic mass is 33.1. The van der Waals surface area contributed by atoms with Gasteiger partial charge in [-0.25, -0.2) is 4.79 Å². The second-order valence-corrected chi connectivity index (χ2v) is 21.3. The SMILES string of the molecule is C=S=C(NC1CSSCC(C(=O)NC(C(=O)O)C(C)O)NC(=O)C(C(C)O)NC(=O)C(CCCCN)NC(=O)C(Cc2c[nH]c3ccccc23)NC(=O)C(Cc2ccc(O)cc2)NC1=O)C(Cc1ccccc1)NC. The average Bonchev–Trinajstić information content (AvgIpc) is 3.80. The van der Waals surface area contributed by atoms with Gasteiger partial charge in [-0.05, 0) is 93.9 Å². The van der Waals surface area contributed by atoms with Crippen molar-refractivity contribution in [2.75, 3.05) is 25.1 Å². The predicted molar refractivity (Wildman–Crippen MR) is 294 cm³/mol. The lowest BCUT2D eigenvalue weighted by molar-refractivity contribution is -0.145. The van der Waals surface area contributed by atoms with Crippen LogP contribution in [0.2, 0.25) is 0 Å². The number of nitrogens with two attached hydrogens (primary N) is 1. The molecule has 406 valence electrons. The third-order valence-corrected chi connectivity index (χ3v) is 15.5. The second kappa shape index (κ2) is 29.7. The number of aliphatic hydroxyl groups excluding tert-OH is 2. The van der Waals surface area contributed by atoms with Crippen LogP contribution in [0, 0.1) is 0 Å². The van der Waals surface area contributed by atoms with Crippen LogP contribution in [0.5, 0.6) is 5.75 Å². The molecule has 2 heterocycles. The summed E-state index contributed by atoms with van der Waals surface area (Å²) < 4.78 is 0. The standard InChI is InChI=1S/C51H68N10O11S3/c1-28(62)42-49(70)58-40(48(69)61-43(29(2)63)51(71)72)26-74-75-27-41(59-50(73-4)39(53-3)23-30-12-6-5-7-13-30)47(68)56-37(22-31-17-19-33(64)20-18-31)45(66)57-38(24-32-25-54-35-15-9-8-14-34(32)35)46(67)55-36(44(65)60-42)16-10-11-21-52/h5-9,12-15,17-20,25,28-29,36-43,53-54,59,62-64H,4,10-11,16,21-24,26-27,52H2,1-3H3,(H,55,67)(H,56,68)(H,57,66)(H,58,70)(H,60,65)(H,61,69)(H,71,72). The quantitative estimate of drug-likeness (QED) is 0.0355. The first-order valence-electron chi connectivity index (χ1n) is 24.4. The maximum atomic E-state index is 14.9. The van der Waals surface area contributed by atoms with Gasteiger partial charge in [0.25, 0.3) is 0 Å². The Bertz CT molecular complexity index is 2640. The average molecular weight is 1090 g/mol. The van der Waals surface area contributed by atoms with Gasteiger partial charge >= 0.3 is 5.97 Å². The van der Waals surface area contributed by atoms with Gasteiger partial charge in [0.1, 0.15) is 42.0 Å². The zero-order chi connectivity index (χ0) is 54.6. The first kappa shape index (κ1) is 59.6. The van der Waals surface area contributed by atoms with E-state index in [1.807, 2.05) is 54.6 Å². The van der Waals surface area contributed by atoms with Crippen molar-refractivity contribution in [3.8, 4) is 5.75 Å². The Hall–Kier alpha value is -6.25. The summed E-state index contributed by atoms with van der Waals surface area (Å²) in [5.74, 6) is -3.01. The number of hydrogen-bond donors (Lipinski definition) is 14. The summed E-state index contributed by atoms with van der Waals surface area (Å²) in [5.41, 5.74) is 8.72. The number of carbonyl (C=O) groups is 7. The van der Waals surface area contributed by atoms with E-state index < -0.39 is 95.9 Å². The van der Waals surface area contributed by atoms with Crippen molar-refractivity contribution < 1.29 is 54.0 Å². The van der Waals surface area contributed by atoms with E-state index in [1.54, 1.807) is 25.4 Å². The van der Waals surface area contributed by atoms with Crippen molar-refractivity contribution in [2.24, 2.45) is 5.73 Å². The van der Waals surface area contributed by atoms with E-state index in [4.69, 9.17) is 5.73 Å². The molecule has 6 amide bonds. The molecule has 0 saturated carbocycles. The zero-order valence-corrected chi connectivity index (χ0v) is 44.3. The number of carboxylic acids is 1. The third kappa shape index (κ3) is 17.9. The molecule has 0 bridgehead atoms. The number of rotatable bonds is 18. The molecule has 3 aromatic carbocycles. The fourth-order valence-electron chi connectivity index (χ4n) is 8.14. The van der Waals surface area contributed by atoms with Crippen molar-refractivity contribution in [1.82, 2.24) is 47.5 Å². The number of phenolic OH excluding ortho intramolecular Hbond substituents is 1. The summed E-state index contributed by atoms with van der Waals surface area (Å²) in [6.45, 7) is 2.64. The number of likely N-dealkylation sites (N-methyl/N-ethyl adjacent to an activating group) is 1. The van der Waals surface area contributed by atoms with Gasteiger partial charge in [-0.1, -0.05) is 82.3 Å². The largest absolute Gasteiger partial charge is 0.508 e. The van der Waals surface area contributed by atoms with Crippen LogP contribution in [0.1, 0.15) is 49.8 Å². The van der Waals surface area contributed by atoms with Crippen molar-refractivity contribution >= 4 is 95.7 Å². The lowest BCUT2D eigenvalue weighted by atomic mass is 10.0. The van der Waals surface area contributed by atoms with Gasteiger partial charge in [0, 0.05) is 41.4 Å². The number of aromatic amines is 1. The number of amides is 6. The topological polar surface area (TPSA) is 338 Å². The van der Waals surface area contributed by atoms with Crippen LogP contribution >= 0.6 is 32.5 Å². The minimum atomic E-state index is -1.79. The molecule has 0 spiro atoms. The van der Waals surface area contributed by atoms with Gasteiger partial charge in [-0.3, -0.25) is 34.1 Å². The molecule has 75 heavy (non-hydrogen) atoms. The zero-order valence-electron chi connectivity index (χ0n) is 41.9. The second-order valence-electron chi connectivity index (χ2n) is 18.1. The smallest absolute Gasteiger partial charge is 0.328 e. The Kier molecular flexibility index (Phi) is 23.6. The van der Waals surface area contributed by atoms with Crippen molar-refractivity contribution in [1.29, 1.82) is 0 Å². The molecule has 24 heteroatoms. The van der Waals surface area contributed by atoms with E-state index in [2.05, 4.69) is 53.4 Å². The fraction of sp³-hybridized carbons (Fsp3) is 0.431. The number of hydrogen-bond acceptors (Lipinski definition) is 14. The number of phenols is 1. The Morgan fingerprint density at radius 1 is 0.773 bits per heavy atom. The summed E-state index contributed by atoms with van der Waals surface area (Å²) in [7, 11) is 4.99. The van der Waals surface area contributed by atoms with Crippen LogP contribution in [0.25, 0.3) is 10.9 Å². The highest BCUT2D eigenvalue weighted by Crippen LogP contribution is 2.25. The highest BCUT2D eigenvalue weighted by Gasteiger charge is 2.37. The first-order valence-corrected chi connectivity index (χ1v) is 27.8. The van der Waals surface area contributed by atoms with Crippen molar-refractivity contribution in [2.45, 2.75) is 113 Å². The number of aliphatic hydroxyl groups is 2. The Labute approximate surface area is 446 Å². The van der Waals surface area contributed by atoms with Crippen LogP contribution < -0.4 is 48.3 Å². The molecule has 10 atom stereocenters. The van der Waals surface area contributed by atoms with Crippen LogP contribution in [0.15, 0.2) is 85.1 Å². The molecule has 0 radical (unpaired) electrons. The number of carboxylic acid groups (broad SMARTS) is 1. The number of benzene rings is 3. The summed E-state index contributed by atoms with van der Waals surface area (Å²) in [6, 6.07) is 12.4. The summed E-state index contributed by atoms with van der Waals surface area (Å²) in [6.07, 6.45) is -0.370. The normalized spacial score (nSPS) is 22.2. The lowest BCUT2D eigenvalue weighted by Crippen LogP contribution is -2.62. The number of unbranched alkanes of at least 4 members (excludes halogenated alkanes) is 1. The Morgan fingerprint density at radius 2 is 1.40 bits per heavy atom. The van der Waals surface area contributed by atoms with E-state index in [0.29, 0.717) is 35.4 Å². The number of fused-ring (bicyclic) bond motifs is 1. The molecule has 1 aliphatic rings. The summed E-state index contributed by atoms with van der Waals surface area (Å²) >= 11 is 0. The molecule has 5 rings (SSSR count). The first-order chi connectivity index (χ1) is 35.9. The fourth-order valence-corrected chi connectivity index (χ4v) is 11.1. The van der Waals surface area contributed by atoms with Gasteiger partial charge < -0.3 is 68.4 Å². The van der Waals surface area contributed by atoms with E-state index in [0.717, 1.165) is 55.9 Å². The molecule has 1 aliphatic heterocycles. The van der Waals surface area contributed by atoms with Gasteiger partial charge in [0.05, 0.1) is 23.2 Å². The third-order valence-electron chi connectivity index (χ3n) is 12.4. The molecular formula is C51H68N10O11S3. The minimum Gasteiger partial charge on any atom is -0.508 e. The van der Waals surface area contributed by atoms with Gasteiger partial charge in [0.2, 0.25) is 35.4 Å². The molecule has 10 unspecified atom stereocenters. The number of para-hydroxylation sites is 1. The highest BCUT2D eigenvalue weighted by molar-refractivity contribution is 8.76. The number of nitrogens with one attached hydrogen (secondary N) is 9. The van der Waals surface area contributed by atoms with E-state index in [-0.39, 0.29) is 49.1 Å². The molecule has 4 aromatic rings. The van der Waals surface area contributed by atoms with Gasteiger partial charge in [-0.15, -0.1) is 10.9 Å². The predicted octanol–water partition coefficient (Wildman–Crippen LogP) is 0.0217.